The van der Waals surface area contributed by atoms with Crippen molar-refractivity contribution in [3.63, 3.8) is 0 Å². The topological polar surface area (TPSA) is 63.1 Å². The molecule has 0 spiro atoms. The minimum atomic E-state index is -0.0340. The number of fused-ring (bicyclic) bond motifs is 1. The number of benzene rings is 1. The van der Waals surface area contributed by atoms with Crippen molar-refractivity contribution in [3.8, 4) is 0 Å². The molecule has 126 valence electrons. The molecule has 4 rings (SSSR count). The molecule has 2 aliphatic rings. The van der Waals surface area contributed by atoms with Crippen LogP contribution in [0.5, 0.6) is 0 Å². The third-order valence-corrected chi connectivity index (χ3v) is 5.00. The van der Waals surface area contributed by atoms with Gasteiger partial charge in [0.15, 0.2) is 5.69 Å². The molecule has 3 heterocycles. The van der Waals surface area contributed by atoms with Gasteiger partial charge in [0, 0.05) is 25.7 Å². The van der Waals surface area contributed by atoms with Crippen LogP contribution in [-0.2, 0) is 19.6 Å². The fourth-order valence-electron chi connectivity index (χ4n) is 3.60. The first-order valence-corrected chi connectivity index (χ1v) is 8.79. The van der Waals surface area contributed by atoms with Gasteiger partial charge in [0.2, 0.25) is 0 Å². The summed E-state index contributed by atoms with van der Waals surface area (Å²) in [6, 6.07) is 8.76. The smallest absolute Gasteiger partial charge is 0.276 e. The average Bonchev–Trinajstić information content (AvgIpc) is 3.27. The molecule has 24 heavy (non-hydrogen) atoms. The quantitative estimate of drug-likeness (QED) is 0.933. The lowest BCUT2D eigenvalue weighted by molar-refractivity contribution is 0.0745. The van der Waals surface area contributed by atoms with Crippen molar-refractivity contribution in [1.29, 1.82) is 0 Å². The standard InChI is InChI=1S/C18H23N5O/c24-18(22-11-14-5-1-2-6-15(14)12-22)17-13-23(21-20-17)10-8-16-7-3-4-9-19-16/h1-2,5-6,13,16,19H,3-4,7-12H2/t16-/m0/s1. The lowest BCUT2D eigenvalue weighted by Gasteiger charge is -2.23. The first-order chi connectivity index (χ1) is 11.8. The molecule has 2 aromatic rings. The highest BCUT2D eigenvalue weighted by atomic mass is 16.2. The predicted molar refractivity (Wildman–Crippen MR) is 90.3 cm³/mol. The van der Waals surface area contributed by atoms with E-state index in [2.05, 4.69) is 27.8 Å². The molecule has 1 atom stereocenters. The van der Waals surface area contributed by atoms with Gasteiger partial charge in [0.1, 0.15) is 0 Å². The Morgan fingerprint density at radius 2 is 2.00 bits per heavy atom. The maximum absolute atomic E-state index is 12.6. The maximum Gasteiger partial charge on any atom is 0.276 e. The van der Waals surface area contributed by atoms with Crippen LogP contribution in [0.25, 0.3) is 0 Å². The number of hydrogen-bond acceptors (Lipinski definition) is 4. The van der Waals surface area contributed by atoms with Crippen LogP contribution in [0.2, 0.25) is 0 Å². The summed E-state index contributed by atoms with van der Waals surface area (Å²) < 4.78 is 1.80. The molecule has 1 aromatic carbocycles. The maximum atomic E-state index is 12.6. The van der Waals surface area contributed by atoms with Gasteiger partial charge >= 0.3 is 0 Å². The summed E-state index contributed by atoms with van der Waals surface area (Å²) in [7, 11) is 0. The summed E-state index contributed by atoms with van der Waals surface area (Å²) in [6.45, 7) is 3.24. The second-order valence-corrected chi connectivity index (χ2v) is 6.73. The van der Waals surface area contributed by atoms with Crippen LogP contribution in [0.4, 0.5) is 0 Å². The minimum Gasteiger partial charge on any atom is -0.329 e. The Morgan fingerprint density at radius 3 is 2.71 bits per heavy atom. The summed E-state index contributed by atoms with van der Waals surface area (Å²) in [5.41, 5.74) is 2.89. The SMILES string of the molecule is O=C(c1cn(CC[C@@H]2CCCCN2)nn1)N1Cc2ccccc2C1. The fourth-order valence-corrected chi connectivity index (χ4v) is 3.60. The van der Waals surface area contributed by atoms with Crippen molar-refractivity contribution < 1.29 is 4.79 Å². The summed E-state index contributed by atoms with van der Waals surface area (Å²) in [5.74, 6) is -0.0340. The van der Waals surface area contributed by atoms with E-state index < -0.39 is 0 Å². The van der Waals surface area contributed by atoms with Gasteiger partial charge in [-0.05, 0) is 36.9 Å². The summed E-state index contributed by atoms with van der Waals surface area (Å²) in [6.07, 6.45) is 6.62. The van der Waals surface area contributed by atoms with Crippen LogP contribution < -0.4 is 5.32 Å². The average molecular weight is 325 g/mol. The molecule has 0 bridgehead atoms. The molecule has 1 fully saturated rings. The number of nitrogens with one attached hydrogen (secondary N) is 1. The van der Waals surface area contributed by atoms with Crippen molar-refractivity contribution >= 4 is 5.91 Å². The van der Waals surface area contributed by atoms with E-state index in [4.69, 9.17) is 0 Å². The number of carbonyl (C=O) groups is 1. The summed E-state index contributed by atoms with van der Waals surface area (Å²) >= 11 is 0. The largest absolute Gasteiger partial charge is 0.329 e. The first-order valence-electron chi connectivity index (χ1n) is 8.79. The molecule has 2 aliphatic heterocycles. The zero-order valence-electron chi connectivity index (χ0n) is 13.8. The number of nitrogens with zero attached hydrogens (tertiary/aromatic N) is 4. The van der Waals surface area contributed by atoms with Crippen LogP contribution in [0.1, 0.15) is 47.3 Å². The van der Waals surface area contributed by atoms with Crippen molar-refractivity contribution in [2.75, 3.05) is 6.54 Å². The van der Waals surface area contributed by atoms with Gasteiger partial charge in [0.25, 0.3) is 5.91 Å². The lowest BCUT2D eigenvalue weighted by Crippen LogP contribution is -2.34. The number of aryl methyl sites for hydroxylation is 1. The lowest BCUT2D eigenvalue weighted by atomic mass is 10.0. The minimum absolute atomic E-state index is 0.0340. The van der Waals surface area contributed by atoms with Gasteiger partial charge in [-0.25, -0.2) is 0 Å². The molecule has 1 N–H and O–H groups in total. The van der Waals surface area contributed by atoms with Crippen LogP contribution in [0.15, 0.2) is 30.5 Å². The van der Waals surface area contributed by atoms with Gasteiger partial charge < -0.3 is 10.2 Å². The Bertz CT molecular complexity index is 695. The van der Waals surface area contributed by atoms with E-state index in [1.807, 2.05) is 17.0 Å². The molecule has 6 heteroatoms. The van der Waals surface area contributed by atoms with Crippen molar-refractivity contribution in [3.05, 3.63) is 47.3 Å². The Morgan fingerprint density at radius 1 is 1.21 bits per heavy atom. The van der Waals surface area contributed by atoms with E-state index in [9.17, 15) is 4.79 Å². The molecule has 1 aromatic heterocycles. The van der Waals surface area contributed by atoms with Gasteiger partial charge in [-0.1, -0.05) is 35.9 Å². The Labute approximate surface area is 141 Å². The molecular formula is C18H23N5O. The van der Waals surface area contributed by atoms with E-state index in [-0.39, 0.29) is 5.91 Å². The highest BCUT2D eigenvalue weighted by molar-refractivity contribution is 5.92. The summed E-state index contributed by atoms with van der Waals surface area (Å²) in [5, 5.41) is 11.8. The number of carbonyl (C=O) groups excluding carboxylic acids is 1. The highest BCUT2D eigenvalue weighted by Gasteiger charge is 2.25. The first kappa shape index (κ1) is 15.3. The van der Waals surface area contributed by atoms with Crippen LogP contribution >= 0.6 is 0 Å². The zero-order valence-corrected chi connectivity index (χ0v) is 13.8. The van der Waals surface area contributed by atoms with E-state index in [0.29, 0.717) is 24.8 Å². The van der Waals surface area contributed by atoms with Gasteiger partial charge in [0.05, 0.1) is 6.20 Å². The fraction of sp³-hybridized carbons (Fsp3) is 0.500. The van der Waals surface area contributed by atoms with E-state index in [0.717, 1.165) is 19.5 Å². The van der Waals surface area contributed by atoms with Crippen molar-refractivity contribution in [1.82, 2.24) is 25.2 Å². The third-order valence-electron chi connectivity index (χ3n) is 5.00. The Kier molecular flexibility index (Phi) is 4.30. The Balaban J connectivity index is 1.35. The normalized spacial score (nSPS) is 20.2. The summed E-state index contributed by atoms with van der Waals surface area (Å²) in [4.78, 5) is 14.5. The van der Waals surface area contributed by atoms with Crippen LogP contribution in [0.3, 0.4) is 0 Å². The molecule has 1 saturated heterocycles. The highest BCUT2D eigenvalue weighted by Crippen LogP contribution is 2.23. The van der Waals surface area contributed by atoms with Crippen LogP contribution in [-0.4, -0.2) is 38.4 Å². The van der Waals surface area contributed by atoms with Gasteiger partial charge in [-0.3, -0.25) is 9.48 Å². The third kappa shape index (κ3) is 3.19. The Hall–Kier alpha value is -2.21. The number of amides is 1. The second kappa shape index (κ2) is 6.73. The molecule has 0 unspecified atom stereocenters. The van der Waals surface area contributed by atoms with E-state index in [1.165, 1.54) is 30.4 Å². The van der Waals surface area contributed by atoms with E-state index >= 15 is 0 Å². The van der Waals surface area contributed by atoms with Gasteiger partial charge in [-0.2, -0.15) is 0 Å². The molecule has 1 amide bonds. The number of piperidine rings is 1. The predicted octanol–water partition coefficient (Wildman–Crippen LogP) is 1.97. The van der Waals surface area contributed by atoms with Gasteiger partial charge in [-0.15, -0.1) is 5.10 Å². The number of rotatable bonds is 4. The molecule has 0 radical (unpaired) electrons. The van der Waals surface area contributed by atoms with E-state index in [1.54, 1.807) is 10.9 Å². The molecule has 6 nitrogen and oxygen atoms in total. The van der Waals surface area contributed by atoms with Crippen molar-refractivity contribution in [2.24, 2.45) is 0 Å². The van der Waals surface area contributed by atoms with Crippen molar-refractivity contribution in [2.45, 2.75) is 51.4 Å². The second-order valence-electron chi connectivity index (χ2n) is 6.73. The number of aromatic nitrogens is 3. The number of hydrogen-bond donors (Lipinski definition) is 1. The molecule has 0 aliphatic carbocycles. The molecular weight excluding hydrogens is 302 g/mol. The van der Waals surface area contributed by atoms with Crippen LogP contribution in [0, 0.1) is 0 Å². The monoisotopic (exact) mass is 325 g/mol. The zero-order chi connectivity index (χ0) is 16.4. The molecule has 0 saturated carbocycles.